The summed E-state index contributed by atoms with van der Waals surface area (Å²) in [6.07, 6.45) is 0. The van der Waals surface area contributed by atoms with Gasteiger partial charge in [0.1, 0.15) is 13.2 Å². The van der Waals surface area contributed by atoms with Crippen LogP contribution in [-0.2, 0) is 13.6 Å². The summed E-state index contributed by atoms with van der Waals surface area (Å²) in [5.41, 5.74) is 3.35. The Kier molecular flexibility index (Phi) is 5.18. The first-order chi connectivity index (χ1) is 12.0. The van der Waals surface area contributed by atoms with Crippen LogP contribution < -0.4 is 19.5 Å². The van der Waals surface area contributed by atoms with Crippen molar-refractivity contribution in [2.75, 3.05) is 20.3 Å². The second-order valence-corrected chi connectivity index (χ2v) is 6.66. The van der Waals surface area contributed by atoms with Crippen LogP contribution in [0.2, 0.25) is 0 Å². The molecule has 0 bridgehead atoms. The Bertz CT molecular complexity index is 740. The normalized spacial score (nSPS) is 14.6. The Morgan fingerprint density at radius 2 is 1.92 bits per heavy atom. The standard InChI is InChI=1S/C19H27N3O3/c1-12(2)18-15(19(23-5)22(4)21-18)11-20-13(3)14-6-7-16-17(10-14)25-9-8-24-16/h6-7,10,12-13,20H,8-9,11H2,1-5H3. The van der Waals surface area contributed by atoms with Gasteiger partial charge in [-0.05, 0) is 30.5 Å². The number of rotatable bonds is 6. The van der Waals surface area contributed by atoms with Crippen molar-refractivity contribution in [3.63, 3.8) is 0 Å². The van der Waals surface area contributed by atoms with E-state index >= 15 is 0 Å². The molecular formula is C19H27N3O3. The zero-order valence-electron chi connectivity index (χ0n) is 15.6. The van der Waals surface area contributed by atoms with E-state index in [1.165, 1.54) is 5.56 Å². The topological polar surface area (TPSA) is 57.5 Å². The molecule has 3 rings (SSSR count). The SMILES string of the molecule is COc1c(CNC(C)c2ccc3c(c2)OCCO3)c(C(C)C)nn1C. The molecule has 1 aliphatic rings. The van der Waals surface area contributed by atoms with Gasteiger partial charge in [-0.2, -0.15) is 5.10 Å². The van der Waals surface area contributed by atoms with E-state index < -0.39 is 0 Å². The molecule has 1 aliphatic heterocycles. The van der Waals surface area contributed by atoms with Gasteiger partial charge in [0.2, 0.25) is 5.88 Å². The van der Waals surface area contributed by atoms with Gasteiger partial charge in [0.25, 0.3) is 0 Å². The summed E-state index contributed by atoms with van der Waals surface area (Å²) in [5.74, 6) is 2.79. The second-order valence-electron chi connectivity index (χ2n) is 6.66. The van der Waals surface area contributed by atoms with E-state index in [1.807, 2.05) is 13.1 Å². The van der Waals surface area contributed by atoms with Crippen molar-refractivity contribution in [2.45, 2.75) is 39.3 Å². The van der Waals surface area contributed by atoms with Crippen LogP contribution in [0.4, 0.5) is 0 Å². The van der Waals surface area contributed by atoms with Gasteiger partial charge < -0.3 is 19.5 Å². The summed E-state index contributed by atoms with van der Waals surface area (Å²) in [4.78, 5) is 0. The maximum Gasteiger partial charge on any atom is 0.216 e. The van der Waals surface area contributed by atoms with Gasteiger partial charge in [-0.15, -0.1) is 0 Å². The molecule has 0 amide bonds. The zero-order chi connectivity index (χ0) is 18.0. The minimum atomic E-state index is 0.167. The van der Waals surface area contributed by atoms with E-state index in [1.54, 1.807) is 11.8 Å². The molecule has 0 radical (unpaired) electrons. The van der Waals surface area contributed by atoms with Crippen LogP contribution >= 0.6 is 0 Å². The van der Waals surface area contributed by atoms with Crippen molar-refractivity contribution >= 4 is 0 Å². The van der Waals surface area contributed by atoms with E-state index in [2.05, 4.69) is 43.3 Å². The largest absolute Gasteiger partial charge is 0.486 e. The number of hydrogen-bond donors (Lipinski definition) is 1. The van der Waals surface area contributed by atoms with Crippen LogP contribution in [0.3, 0.4) is 0 Å². The Hall–Kier alpha value is -2.21. The van der Waals surface area contributed by atoms with Crippen molar-refractivity contribution in [3.05, 3.63) is 35.0 Å². The third-order valence-corrected chi connectivity index (χ3v) is 4.51. The quantitative estimate of drug-likeness (QED) is 0.871. The van der Waals surface area contributed by atoms with Crippen LogP contribution in [0, 0.1) is 0 Å². The highest BCUT2D eigenvalue weighted by Crippen LogP contribution is 2.33. The molecule has 0 spiro atoms. The van der Waals surface area contributed by atoms with Gasteiger partial charge in [-0.1, -0.05) is 19.9 Å². The van der Waals surface area contributed by atoms with E-state index in [0.29, 0.717) is 25.7 Å². The lowest BCUT2D eigenvalue weighted by Crippen LogP contribution is -2.20. The zero-order valence-corrected chi connectivity index (χ0v) is 15.6. The molecule has 1 aromatic carbocycles. The Morgan fingerprint density at radius 3 is 2.60 bits per heavy atom. The fourth-order valence-electron chi connectivity index (χ4n) is 3.16. The molecule has 6 heteroatoms. The molecule has 0 saturated carbocycles. The van der Waals surface area contributed by atoms with Crippen molar-refractivity contribution in [1.82, 2.24) is 15.1 Å². The first-order valence-corrected chi connectivity index (χ1v) is 8.74. The van der Waals surface area contributed by atoms with E-state index in [-0.39, 0.29) is 6.04 Å². The van der Waals surface area contributed by atoms with E-state index in [9.17, 15) is 0 Å². The van der Waals surface area contributed by atoms with Crippen LogP contribution in [0.1, 0.15) is 49.6 Å². The van der Waals surface area contributed by atoms with E-state index in [0.717, 1.165) is 28.6 Å². The third kappa shape index (κ3) is 3.58. The number of aromatic nitrogens is 2. The highest BCUT2D eigenvalue weighted by molar-refractivity contribution is 5.44. The van der Waals surface area contributed by atoms with Gasteiger partial charge in [-0.3, -0.25) is 0 Å². The molecule has 1 atom stereocenters. The highest BCUT2D eigenvalue weighted by atomic mass is 16.6. The summed E-state index contributed by atoms with van der Waals surface area (Å²) in [7, 11) is 3.60. The fraction of sp³-hybridized carbons (Fsp3) is 0.526. The third-order valence-electron chi connectivity index (χ3n) is 4.51. The Labute approximate surface area is 149 Å². The van der Waals surface area contributed by atoms with Gasteiger partial charge in [-0.25, -0.2) is 4.68 Å². The van der Waals surface area contributed by atoms with Gasteiger partial charge in [0.05, 0.1) is 18.4 Å². The lowest BCUT2D eigenvalue weighted by atomic mass is 10.0. The lowest BCUT2D eigenvalue weighted by Gasteiger charge is -2.21. The summed E-state index contributed by atoms with van der Waals surface area (Å²) < 4.78 is 18.6. The maximum absolute atomic E-state index is 5.68. The van der Waals surface area contributed by atoms with Crippen LogP contribution in [0.25, 0.3) is 0 Å². The number of fused-ring (bicyclic) bond motifs is 1. The first kappa shape index (κ1) is 17.6. The van der Waals surface area contributed by atoms with Gasteiger partial charge >= 0.3 is 0 Å². The molecule has 1 N–H and O–H groups in total. The molecule has 136 valence electrons. The monoisotopic (exact) mass is 345 g/mol. The Balaban J connectivity index is 1.75. The van der Waals surface area contributed by atoms with E-state index in [4.69, 9.17) is 14.2 Å². The summed E-state index contributed by atoms with van der Waals surface area (Å²) in [6.45, 7) is 8.34. The molecule has 0 aliphatic carbocycles. The van der Waals surface area contributed by atoms with Crippen molar-refractivity contribution in [1.29, 1.82) is 0 Å². The molecule has 0 fully saturated rings. The number of hydrogen-bond acceptors (Lipinski definition) is 5. The smallest absolute Gasteiger partial charge is 0.216 e. The number of methoxy groups -OCH3 is 1. The fourth-order valence-corrected chi connectivity index (χ4v) is 3.16. The summed E-state index contributed by atoms with van der Waals surface area (Å²) >= 11 is 0. The van der Waals surface area contributed by atoms with Crippen molar-refractivity contribution in [3.8, 4) is 17.4 Å². The average molecular weight is 345 g/mol. The molecule has 6 nitrogen and oxygen atoms in total. The van der Waals surface area contributed by atoms with Gasteiger partial charge in [0.15, 0.2) is 11.5 Å². The minimum absolute atomic E-state index is 0.167. The molecule has 1 unspecified atom stereocenters. The van der Waals surface area contributed by atoms with Crippen LogP contribution in [-0.4, -0.2) is 30.1 Å². The predicted octanol–water partition coefficient (Wildman–Crippen LogP) is 3.17. The number of ether oxygens (including phenoxy) is 3. The molecule has 2 aromatic rings. The van der Waals surface area contributed by atoms with Gasteiger partial charge in [0, 0.05) is 19.6 Å². The highest BCUT2D eigenvalue weighted by Gasteiger charge is 2.20. The van der Waals surface area contributed by atoms with Crippen molar-refractivity contribution in [2.24, 2.45) is 7.05 Å². The number of nitrogens with one attached hydrogen (secondary N) is 1. The first-order valence-electron chi connectivity index (χ1n) is 8.74. The summed E-state index contributed by atoms with van der Waals surface area (Å²) in [5, 5.41) is 8.18. The maximum atomic E-state index is 5.68. The molecule has 1 aromatic heterocycles. The average Bonchev–Trinajstić information content (AvgIpc) is 2.95. The molecular weight excluding hydrogens is 318 g/mol. The number of nitrogens with zero attached hydrogens (tertiary/aromatic N) is 2. The van der Waals surface area contributed by atoms with Crippen LogP contribution in [0.15, 0.2) is 18.2 Å². The van der Waals surface area contributed by atoms with Crippen molar-refractivity contribution < 1.29 is 14.2 Å². The lowest BCUT2D eigenvalue weighted by molar-refractivity contribution is 0.171. The van der Waals surface area contributed by atoms with Crippen LogP contribution in [0.5, 0.6) is 17.4 Å². The second kappa shape index (κ2) is 7.35. The minimum Gasteiger partial charge on any atom is -0.486 e. The molecule has 0 saturated heterocycles. The number of benzene rings is 1. The molecule has 25 heavy (non-hydrogen) atoms. The molecule has 2 heterocycles. The number of aryl methyl sites for hydroxylation is 1. The Morgan fingerprint density at radius 1 is 1.20 bits per heavy atom. The summed E-state index contributed by atoms with van der Waals surface area (Å²) in [6, 6.07) is 6.28. The predicted molar refractivity (Wildman–Crippen MR) is 96.5 cm³/mol.